The number of likely N-dealkylation sites (tertiary alicyclic amines) is 1. The molecule has 138 valence electrons. The van der Waals surface area contributed by atoms with Crippen LogP contribution in [0.2, 0.25) is 0 Å². The summed E-state index contributed by atoms with van der Waals surface area (Å²) < 4.78 is 1.98. The molecule has 4 fully saturated rings. The first-order chi connectivity index (χ1) is 12.6. The molecule has 0 saturated carbocycles. The van der Waals surface area contributed by atoms with Crippen LogP contribution in [0.5, 0.6) is 5.75 Å². The second kappa shape index (κ2) is 6.10. The van der Waals surface area contributed by atoms with E-state index in [1.54, 1.807) is 6.07 Å². The monoisotopic (exact) mass is 352 g/mol. The Labute approximate surface area is 155 Å². The van der Waals surface area contributed by atoms with E-state index in [1.165, 1.54) is 42.8 Å². The molecule has 4 aliphatic rings. The van der Waals surface area contributed by atoms with Crippen molar-refractivity contribution < 1.29 is 5.11 Å². The maximum atomic E-state index is 10.0. The van der Waals surface area contributed by atoms with Crippen molar-refractivity contribution in [3.8, 4) is 5.75 Å². The highest BCUT2D eigenvalue weighted by Crippen LogP contribution is 2.47. The second-order valence-electron chi connectivity index (χ2n) is 8.36. The summed E-state index contributed by atoms with van der Waals surface area (Å²) in [4.78, 5) is 5.43. The number of nitrogens with zero attached hydrogens (tertiary/aromatic N) is 4. The lowest BCUT2D eigenvalue weighted by Gasteiger charge is -2.51. The van der Waals surface area contributed by atoms with Crippen molar-refractivity contribution in [3.05, 3.63) is 47.3 Å². The van der Waals surface area contributed by atoms with Crippen LogP contribution in [0.3, 0.4) is 0 Å². The van der Waals surface area contributed by atoms with Gasteiger partial charge in [0.05, 0.1) is 6.20 Å². The molecule has 0 spiro atoms. The molecule has 4 aliphatic heterocycles. The van der Waals surface area contributed by atoms with Crippen LogP contribution in [0.25, 0.3) is 0 Å². The zero-order chi connectivity index (χ0) is 17.8. The van der Waals surface area contributed by atoms with E-state index in [9.17, 15) is 5.11 Å². The Hall–Kier alpha value is -1.85. The summed E-state index contributed by atoms with van der Waals surface area (Å²) in [5.74, 6) is 1.67. The summed E-state index contributed by atoms with van der Waals surface area (Å²) in [6, 6.07) is 9.16. The van der Waals surface area contributed by atoms with Gasteiger partial charge in [0.2, 0.25) is 0 Å². The lowest BCUT2D eigenvalue weighted by molar-refractivity contribution is -0.00874. The van der Waals surface area contributed by atoms with Crippen LogP contribution >= 0.6 is 0 Å². The summed E-state index contributed by atoms with van der Waals surface area (Å²) in [5.41, 5.74) is 3.90. The number of hydrogen-bond donors (Lipinski definition) is 1. The molecular weight excluding hydrogens is 324 g/mol. The average molecular weight is 352 g/mol. The minimum absolute atomic E-state index is 0.386. The van der Waals surface area contributed by atoms with Gasteiger partial charge in [0.25, 0.3) is 0 Å². The molecule has 5 heterocycles. The number of aryl methyl sites for hydroxylation is 1. The Morgan fingerprint density at radius 3 is 2.69 bits per heavy atom. The third-order valence-corrected chi connectivity index (χ3v) is 7.10. The van der Waals surface area contributed by atoms with Gasteiger partial charge < -0.3 is 5.11 Å². The third kappa shape index (κ3) is 2.48. The van der Waals surface area contributed by atoms with Crippen LogP contribution in [-0.4, -0.2) is 56.4 Å². The maximum Gasteiger partial charge on any atom is 0.115 e. The van der Waals surface area contributed by atoms with Gasteiger partial charge in [-0.25, -0.2) is 0 Å². The van der Waals surface area contributed by atoms with Gasteiger partial charge in [-0.2, -0.15) is 5.10 Å². The van der Waals surface area contributed by atoms with Crippen molar-refractivity contribution in [2.24, 2.45) is 13.0 Å². The standard InChI is InChI=1S/C21H28N4O/c1-14-17(11-22-23(14)2)12-25-13-19(16-4-3-5-18(26)10-16)21-20(25)15-6-8-24(21)9-7-15/h3-5,10-11,15,19-21,26H,6-9,12-13H2,1-2H3/t19-,20+,21+/m0/s1. The SMILES string of the molecule is Cc1c(CN2C[C@@H](c3cccc(O)c3)[C@@H]3[C@H]2C2CCN3CC2)cnn1C. The van der Waals surface area contributed by atoms with Crippen LogP contribution in [-0.2, 0) is 13.6 Å². The predicted octanol–water partition coefficient (Wildman–Crippen LogP) is 2.50. The lowest BCUT2D eigenvalue weighted by atomic mass is 9.75. The van der Waals surface area contributed by atoms with Crippen molar-refractivity contribution in [1.82, 2.24) is 19.6 Å². The molecule has 1 aromatic heterocycles. The number of fused-ring (bicyclic) bond motifs is 2. The number of phenols is 1. The van der Waals surface area contributed by atoms with Gasteiger partial charge in [-0.3, -0.25) is 14.5 Å². The predicted molar refractivity (Wildman–Crippen MR) is 101 cm³/mol. The number of piperidine rings is 3. The number of aromatic hydroxyl groups is 1. The van der Waals surface area contributed by atoms with E-state index in [0.717, 1.165) is 19.0 Å². The fraction of sp³-hybridized carbons (Fsp3) is 0.571. The largest absolute Gasteiger partial charge is 0.508 e. The molecule has 3 atom stereocenters. The van der Waals surface area contributed by atoms with E-state index >= 15 is 0 Å². The van der Waals surface area contributed by atoms with Crippen LogP contribution < -0.4 is 0 Å². The number of aromatic nitrogens is 2. The second-order valence-corrected chi connectivity index (χ2v) is 8.36. The van der Waals surface area contributed by atoms with Gasteiger partial charge >= 0.3 is 0 Å². The molecular formula is C21H28N4O. The smallest absolute Gasteiger partial charge is 0.115 e. The van der Waals surface area contributed by atoms with E-state index in [2.05, 4.69) is 27.9 Å². The number of benzene rings is 1. The van der Waals surface area contributed by atoms with Crippen LogP contribution in [0.1, 0.15) is 35.6 Å². The van der Waals surface area contributed by atoms with Gasteiger partial charge in [0, 0.05) is 49.4 Å². The zero-order valence-electron chi connectivity index (χ0n) is 15.7. The zero-order valence-corrected chi connectivity index (χ0v) is 15.7. The minimum atomic E-state index is 0.386. The topological polar surface area (TPSA) is 44.5 Å². The summed E-state index contributed by atoms with van der Waals surface area (Å²) in [6.45, 7) is 6.70. The van der Waals surface area contributed by atoms with Crippen LogP contribution in [0, 0.1) is 12.8 Å². The van der Waals surface area contributed by atoms with E-state index in [0.29, 0.717) is 23.8 Å². The summed E-state index contributed by atoms with van der Waals surface area (Å²) >= 11 is 0. The van der Waals surface area contributed by atoms with Crippen molar-refractivity contribution in [2.45, 2.75) is 44.3 Å². The molecule has 0 radical (unpaired) electrons. The van der Waals surface area contributed by atoms with Crippen LogP contribution in [0.4, 0.5) is 0 Å². The quantitative estimate of drug-likeness (QED) is 0.922. The molecule has 5 nitrogen and oxygen atoms in total. The summed E-state index contributed by atoms with van der Waals surface area (Å²) in [5, 5.41) is 14.4. The lowest BCUT2D eigenvalue weighted by Crippen LogP contribution is -2.59. The van der Waals surface area contributed by atoms with Crippen LogP contribution in [0.15, 0.2) is 30.5 Å². The number of phenolic OH excluding ortho intramolecular Hbond substituents is 1. The van der Waals surface area contributed by atoms with Gasteiger partial charge in [0.1, 0.15) is 5.75 Å². The number of rotatable bonds is 3. The normalized spacial score (nSPS) is 33.5. The molecule has 0 amide bonds. The molecule has 2 aromatic rings. The first-order valence-corrected chi connectivity index (χ1v) is 9.86. The van der Waals surface area contributed by atoms with E-state index < -0.39 is 0 Å². The molecule has 5 heteroatoms. The average Bonchev–Trinajstić information content (AvgIpc) is 3.20. The third-order valence-electron chi connectivity index (χ3n) is 7.10. The molecule has 1 aromatic carbocycles. The van der Waals surface area contributed by atoms with E-state index in [-0.39, 0.29) is 0 Å². The molecule has 1 N–H and O–H groups in total. The Morgan fingerprint density at radius 2 is 2.00 bits per heavy atom. The first kappa shape index (κ1) is 16.3. The Morgan fingerprint density at radius 1 is 1.19 bits per heavy atom. The molecule has 4 saturated heterocycles. The van der Waals surface area contributed by atoms with E-state index in [4.69, 9.17) is 0 Å². The van der Waals surface area contributed by atoms with Crippen molar-refractivity contribution in [2.75, 3.05) is 19.6 Å². The fourth-order valence-corrected chi connectivity index (χ4v) is 5.69. The number of hydrogen-bond acceptors (Lipinski definition) is 4. The van der Waals surface area contributed by atoms with Gasteiger partial charge in [-0.05, 0) is 56.5 Å². The first-order valence-electron chi connectivity index (χ1n) is 9.86. The minimum Gasteiger partial charge on any atom is -0.508 e. The summed E-state index contributed by atoms with van der Waals surface area (Å²) in [7, 11) is 2.02. The molecule has 0 aliphatic carbocycles. The van der Waals surface area contributed by atoms with Crippen molar-refractivity contribution in [3.63, 3.8) is 0 Å². The molecule has 2 bridgehead atoms. The van der Waals surface area contributed by atoms with Gasteiger partial charge in [-0.15, -0.1) is 0 Å². The summed E-state index contributed by atoms with van der Waals surface area (Å²) in [6.07, 6.45) is 4.69. The molecule has 26 heavy (non-hydrogen) atoms. The Kier molecular flexibility index (Phi) is 3.83. The fourth-order valence-electron chi connectivity index (χ4n) is 5.69. The van der Waals surface area contributed by atoms with Crippen molar-refractivity contribution >= 4 is 0 Å². The van der Waals surface area contributed by atoms with Crippen molar-refractivity contribution in [1.29, 1.82) is 0 Å². The van der Waals surface area contributed by atoms with Gasteiger partial charge in [-0.1, -0.05) is 12.1 Å². The highest BCUT2D eigenvalue weighted by Gasteiger charge is 2.53. The highest BCUT2D eigenvalue weighted by atomic mass is 16.3. The Balaban J connectivity index is 1.49. The molecule has 6 rings (SSSR count). The maximum absolute atomic E-state index is 10.0. The van der Waals surface area contributed by atoms with Gasteiger partial charge in [0.15, 0.2) is 0 Å². The Bertz CT molecular complexity index is 808. The van der Waals surface area contributed by atoms with E-state index in [1.807, 2.05) is 30.1 Å². The highest BCUT2D eigenvalue weighted by molar-refractivity contribution is 5.33. The molecule has 0 unspecified atom stereocenters.